The minimum absolute atomic E-state index is 0.0171. The van der Waals surface area contributed by atoms with Crippen molar-refractivity contribution in [2.45, 2.75) is 6.54 Å². The number of aromatic amines is 1. The van der Waals surface area contributed by atoms with Crippen LogP contribution >= 0.6 is 0 Å². The van der Waals surface area contributed by atoms with Crippen LogP contribution in [0.15, 0.2) is 21.9 Å². The van der Waals surface area contributed by atoms with Crippen molar-refractivity contribution in [3.8, 4) is 0 Å². The van der Waals surface area contributed by atoms with E-state index < -0.39 is 0 Å². The molecule has 0 amide bonds. The number of rotatable bonds is 1. The van der Waals surface area contributed by atoms with Gasteiger partial charge in [-0.2, -0.15) is 0 Å². The molecular formula is C13H12N3O. The molecule has 1 aliphatic heterocycles. The molecule has 2 aliphatic rings. The molecule has 0 spiro atoms. The first-order valence-corrected chi connectivity index (χ1v) is 5.56. The zero-order valence-corrected chi connectivity index (χ0v) is 9.26. The molecule has 1 aromatic heterocycles. The predicted octanol–water partition coefficient (Wildman–Crippen LogP) is -0.448. The highest BCUT2D eigenvalue weighted by Crippen LogP contribution is 2.23. The van der Waals surface area contributed by atoms with Crippen molar-refractivity contribution in [1.29, 1.82) is 0 Å². The smallest absolute Gasteiger partial charge is 0.277 e. The predicted molar refractivity (Wildman–Crippen MR) is 64.7 cm³/mol. The lowest BCUT2D eigenvalue weighted by Crippen LogP contribution is -2.31. The minimum Gasteiger partial charge on any atom is -0.321 e. The number of aromatic nitrogens is 2. The van der Waals surface area contributed by atoms with Gasteiger partial charge in [-0.3, -0.25) is 9.36 Å². The fourth-order valence-corrected chi connectivity index (χ4v) is 1.92. The maximum Gasteiger partial charge on any atom is 0.277 e. The normalized spacial score (nSPS) is 21.3. The molecule has 4 heteroatoms. The molecule has 0 atom stereocenters. The van der Waals surface area contributed by atoms with Crippen LogP contribution in [0.1, 0.15) is 0 Å². The molecule has 1 aliphatic carbocycles. The lowest BCUT2D eigenvalue weighted by Gasteiger charge is -1.95. The zero-order valence-electron chi connectivity index (χ0n) is 9.26. The summed E-state index contributed by atoms with van der Waals surface area (Å²) < 4.78 is 1.65. The Kier molecular flexibility index (Phi) is 2.71. The fraction of sp³-hybridized carbons (Fsp3) is 0.154. The molecule has 0 aromatic carbocycles. The van der Waals surface area contributed by atoms with Crippen LogP contribution in [0.3, 0.4) is 0 Å². The Bertz CT molecular complexity index is 600. The van der Waals surface area contributed by atoms with Gasteiger partial charge in [0.1, 0.15) is 5.35 Å². The summed E-state index contributed by atoms with van der Waals surface area (Å²) in [4.78, 5) is 19.5. The molecule has 0 saturated heterocycles. The highest BCUT2D eigenvalue weighted by Gasteiger charge is 2.15. The van der Waals surface area contributed by atoms with Crippen LogP contribution in [0.5, 0.6) is 0 Å². The molecule has 1 fully saturated rings. The SMILES string of the molecule is O=c1/c(=C/[C]2[CH][CH][CH][CH]2)[nH]c2n1CC=CCN=2. The lowest BCUT2D eigenvalue weighted by atomic mass is 10.1. The summed E-state index contributed by atoms with van der Waals surface area (Å²) in [5.74, 6) is 1.02. The number of allylic oxidation sites excluding steroid dienone is 1. The zero-order chi connectivity index (χ0) is 11.7. The van der Waals surface area contributed by atoms with E-state index in [1.54, 1.807) is 4.57 Å². The van der Waals surface area contributed by atoms with Crippen molar-refractivity contribution < 1.29 is 0 Å². The van der Waals surface area contributed by atoms with Gasteiger partial charge in [-0.05, 0) is 31.8 Å². The van der Waals surface area contributed by atoms with Crippen LogP contribution in [0.4, 0.5) is 0 Å². The van der Waals surface area contributed by atoms with Crippen molar-refractivity contribution in [1.82, 2.24) is 9.55 Å². The topological polar surface area (TPSA) is 50.1 Å². The third kappa shape index (κ3) is 1.99. The van der Waals surface area contributed by atoms with Crippen LogP contribution in [0.2, 0.25) is 0 Å². The standard InChI is InChI=1S/C13H12N3O/c17-12-11(9-10-5-1-2-6-10)15-13-14-7-3-4-8-16(12)13/h1-6,9H,7-8H2,(H,14,15)/b11-9-. The van der Waals surface area contributed by atoms with E-state index in [0.717, 1.165) is 5.92 Å². The van der Waals surface area contributed by atoms with E-state index in [4.69, 9.17) is 0 Å². The Morgan fingerprint density at radius 2 is 2.12 bits per heavy atom. The number of hydrogen-bond acceptors (Lipinski definition) is 2. The maximum absolute atomic E-state index is 12.1. The van der Waals surface area contributed by atoms with Crippen molar-refractivity contribution in [3.63, 3.8) is 0 Å². The van der Waals surface area contributed by atoms with E-state index >= 15 is 0 Å². The highest BCUT2D eigenvalue weighted by atomic mass is 16.1. The van der Waals surface area contributed by atoms with Gasteiger partial charge in [0, 0.05) is 12.5 Å². The molecule has 5 radical (unpaired) electrons. The average Bonchev–Trinajstić information content (AvgIpc) is 2.85. The lowest BCUT2D eigenvalue weighted by molar-refractivity contribution is 0.738. The quantitative estimate of drug-likeness (QED) is 0.648. The first-order chi connectivity index (χ1) is 8.34. The van der Waals surface area contributed by atoms with E-state index in [9.17, 15) is 4.79 Å². The summed E-state index contributed by atoms with van der Waals surface area (Å²) in [6.45, 7) is 1.21. The number of hydrogen-bond donors (Lipinski definition) is 1. The molecule has 1 saturated carbocycles. The molecule has 1 N–H and O–H groups in total. The van der Waals surface area contributed by atoms with Crippen molar-refractivity contribution in [3.05, 3.63) is 65.1 Å². The Balaban J connectivity index is 2.08. The second kappa shape index (κ2) is 4.35. The molecule has 2 heterocycles. The maximum atomic E-state index is 12.1. The van der Waals surface area contributed by atoms with Gasteiger partial charge in [-0.25, -0.2) is 4.99 Å². The highest BCUT2D eigenvalue weighted by molar-refractivity contribution is 5.56. The Morgan fingerprint density at radius 1 is 1.29 bits per heavy atom. The van der Waals surface area contributed by atoms with Crippen LogP contribution in [0.25, 0.3) is 6.08 Å². The molecule has 3 rings (SSSR count). The Labute approximate surface area is 99.4 Å². The molecular weight excluding hydrogens is 214 g/mol. The van der Waals surface area contributed by atoms with Crippen molar-refractivity contribution in [2.24, 2.45) is 4.99 Å². The van der Waals surface area contributed by atoms with Crippen LogP contribution in [-0.4, -0.2) is 16.1 Å². The molecule has 1 aromatic rings. The average molecular weight is 226 g/mol. The third-order valence-electron chi connectivity index (χ3n) is 2.78. The van der Waals surface area contributed by atoms with E-state index in [1.165, 1.54) is 0 Å². The van der Waals surface area contributed by atoms with Crippen molar-refractivity contribution in [2.75, 3.05) is 6.54 Å². The van der Waals surface area contributed by atoms with E-state index in [1.807, 2.05) is 43.9 Å². The summed E-state index contributed by atoms with van der Waals surface area (Å²) >= 11 is 0. The van der Waals surface area contributed by atoms with E-state index in [2.05, 4.69) is 9.98 Å². The third-order valence-corrected chi connectivity index (χ3v) is 2.78. The summed E-state index contributed by atoms with van der Waals surface area (Å²) in [5, 5.41) is 0.588. The fourth-order valence-electron chi connectivity index (χ4n) is 1.92. The van der Waals surface area contributed by atoms with Crippen LogP contribution in [-0.2, 0) is 6.54 Å². The summed E-state index contributed by atoms with van der Waals surface area (Å²) in [5.41, 5.74) is 0.634. The minimum atomic E-state index is -0.0171. The van der Waals surface area contributed by atoms with Gasteiger partial charge in [0.15, 0.2) is 0 Å². The first kappa shape index (κ1) is 10.6. The van der Waals surface area contributed by atoms with Gasteiger partial charge < -0.3 is 4.98 Å². The van der Waals surface area contributed by atoms with Crippen molar-refractivity contribution >= 4 is 6.08 Å². The number of H-pyrrole nitrogens is 1. The number of nitrogens with zero attached hydrogens (tertiary/aromatic N) is 2. The van der Waals surface area contributed by atoms with Gasteiger partial charge in [0.2, 0.25) is 5.62 Å². The molecule has 0 unspecified atom stereocenters. The summed E-state index contributed by atoms with van der Waals surface area (Å²) in [7, 11) is 0. The number of imidazole rings is 1. The van der Waals surface area contributed by atoms with E-state index in [0.29, 0.717) is 24.1 Å². The molecule has 17 heavy (non-hydrogen) atoms. The van der Waals surface area contributed by atoms with Gasteiger partial charge in [-0.15, -0.1) is 0 Å². The van der Waals surface area contributed by atoms with E-state index in [-0.39, 0.29) is 5.56 Å². The summed E-state index contributed by atoms with van der Waals surface area (Å²) in [6, 6.07) is 0. The molecule has 0 bridgehead atoms. The number of nitrogens with one attached hydrogen (secondary N) is 1. The largest absolute Gasteiger partial charge is 0.321 e. The van der Waals surface area contributed by atoms with Crippen LogP contribution < -0.4 is 16.5 Å². The first-order valence-electron chi connectivity index (χ1n) is 5.56. The Morgan fingerprint density at radius 3 is 2.94 bits per heavy atom. The van der Waals surface area contributed by atoms with Gasteiger partial charge >= 0.3 is 0 Å². The number of fused-ring (bicyclic) bond motifs is 1. The molecule has 85 valence electrons. The van der Waals surface area contributed by atoms with Gasteiger partial charge in [0.05, 0.1) is 6.54 Å². The summed E-state index contributed by atoms with van der Waals surface area (Å²) in [6.07, 6.45) is 13.6. The molecule has 4 nitrogen and oxygen atoms in total. The van der Waals surface area contributed by atoms with Gasteiger partial charge in [0.25, 0.3) is 5.56 Å². The van der Waals surface area contributed by atoms with Gasteiger partial charge in [-0.1, -0.05) is 12.2 Å². The monoisotopic (exact) mass is 226 g/mol. The van der Waals surface area contributed by atoms with Crippen LogP contribution in [0, 0.1) is 31.6 Å². The second-order valence-corrected chi connectivity index (χ2v) is 3.95. The Hall–Kier alpha value is -1.58. The second-order valence-electron chi connectivity index (χ2n) is 3.95.